The van der Waals surface area contributed by atoms with Crippen molar-refractivity contribution in [2.45, 2.75) is 13.5 Å². The first-order chi connectivity index (χ1) is 15.0. The van der Waals surface area contributed by atoms with Crippen molar-refractivity contribution in [3.63, 3.8) is 0 Å². The molecule has 0 saturated carbocycles. The Kier molecular flexibility index (Phi) is 6.44. The van der Waals surface area contributed by atoms with E-state index >= 15 is 0 Å². The molecule has 2 heterocycles. The van der Waals surface area contributed by atoms with Gasteiger partial charge in [-0.25, -0.2) is 9.79 Å². The molecule has 0 spiro atoms. The SMILES string of the molecule is CCOc1cc(/C=C2\N=C(c3ccco3)OC2=O)cc(Br)c1OCc1cccc(Cl)c1. The molecule has 3 aromatic rings. The first-order valence-electron chi connectivity index (χ1n) is 9.43. The highest BCUT2D eigenvalue weighted by Crippen LogP contribution is 2.38. The van der Waals surface area contributed by atoms with Crippen molar-refractivity contribution >= 4 is 45.5 Å². The Morgan fingerprint density at radius 1 is 1.16 bits per heavy atom. The number of halogens is 2. The van der Waals surface area contributed by atoms with Crippen LogP contribution in [-0.2, 0) is 16.1 Å². The Bertz CT molecular complexity index is 1170. The summed E-state index contributed by atoms with van der Waals surface area (Å²) >= 11 is 9.58. The minimum absolute atomic E-state index is 0.131. The largest absolute Gasteiger partial charge is 0.490 e. The van der Waals surface area contributed by atoms with Crippen LogP contribution in [0.4, 0.5) is 0 Å². The predicted molar refractivity (Wildman–Crippen MR) is 120 cm³/mol. The summed E-state index contributed by atoms with van der Waals surface area (Å²) in [5.41, 5.74) is 1.79. The second kappa shape index (κ2) is 9.41. The number of rotatable bonds is 7. The van der Waals surface area contributed by atoms with Crippen LogP contribution < -0.4 is 9.47 Å². The molecule has 1 aliphatic heterocycles. The molecule has 0 atom stereocenters. The van der Waals surface area contributed by atoms with E-state index in [0.717, 1.165) is 5.56 Å². The van der Waals surface area contributed by atoms with Crippen LogP contribution in [0.3, 0.4) is 0 Å². The molecule has 4 rings (SSSR count). The molecule has 0 aliphatic carbocycles. The lowest BCUT2D eigenvalue weighted by molar-refractivity contribution is -0.130. The van der Waals surface area contributed by atoms with Gasteiger partial charge in [-0.1, -0.05) is 23.7 Å². The van der Waals surface area contributed by atoms with Crippen LogP contribution in [0.25, 0.3) is 6.08 Å². The summed E-state index contributed by atoms with van der Waals surface area (Å²) in [6, 6.07) is 14.4. The van der Waals surface area contributed by atoms with Gasteiger partial charge in [-0.05, 0) is 76.5 Å². The maximum atomic E-state index is 12.2. The molecule has 158 valence electrons. The number of esters is 1. The quantitative estimate of drug-likeness (QED) is 0.292. The maximum absolute atomic E-state index is 12.2. The number of cyclic esters (lactones) is 1. The van der Waals surface area contributed by atoms with Crippen molar-refractivity contribution in [2.24, 2.45) is 4.99 Å². The first kappa shape index (κ1) is 21.2. The maximum Gasteiger partial charge on any atom is 0.363 e. The Labute approximate surface area is 192 Å². The van der Waals surface area contributed by atoms with E-state index in [1.807, 2.05) is 37.3 Å². The van der Waals surface area contributed by atoms with Gasteiger partial charge in [0.2, 0.25) is 0 Å². The van der Waals surface area contributed by atoms with Crippen molar-refractivity contribution in [3.8, 4) is 11.5 Å². The molecule has 0 N–H and O–H groups in total. The molecule has 1 aliphatic rings. The summed E-state index contributed by atoms with van der Waals surface area (Å²) < 4.78 is 22.9. The average molecular weight is 503 g/mol. The molecule has 0 radical (unpaired) electrons. The van der Waals surface area contributed by atoms with Crippen LogP contribution in [0, 0.1) is 0 Å². The van der Waals surface area contributed by atoms with Crippen molar-refractivity contribution in [2.75, 3.05) is 6.61 Å². The molecule has 0 saturated heterocycles. The third-order valence-corrected chi connectivity index (χ3v) is 5.08. The Morgan fingerprint density at radius 3 is 2.77 bits per heavy atom. The van der Waals surface area contributed by atoms with Gasteiger partial charge in [0.1, 0.15) is 6.61 Å². The Balaban J connectivity index is 1.61. The van der Waals surface area contributed by atoms with Gasteiger partial charge in [-0.15, -0.1) is 0 Å². The highest BCUT2D eigenvalue weighted by molar-refractivity contribution is 9.10. The van der Waals surface area contributed by atoms with Gasteiger partial charge in [-0.3, -0.25) is 0 Å². The number of furan rings is 1. The van der Waals surface area contributed by atoms with E-state index in [0.29, 0.717) is 45.5 Å². The molecule has 31 heavy (non-hydrogen) atoms. The number of aliphatic imine (C=N–C) groups is 1. The Morgan fingerprint density at radius 2 is 2.03 bits per heavy atom. The van der Waals surface area contributed by atoms with Gasteiger partial charge in [0.25, 0.3) is 5.90 Å². The topological polar surface area (TPSA) is 70.3 Å². The van der Waals surface area contributed by atoms with E-state index in [-0.39, 0.29) is 11.6 Å². The molecule has 1 aromatic heterocycles. The third kappa shape index (κ3) is 5.00. The molecule has 6 nitrogen and oxygen atoms in total. The fourth-order valence-electron chi connectivity index (χ4n) is 2.93. The number of carbonyl (C=O) groups is 1. The summed E-state index contributed by atoms with van der Waals surface area (Å²) in [4.78, 5) is 16.4. The van der Waals surface area contributed by atoms with E-state index < -0.39 is 5.97 Å². The number of carbonyl (C=O) groups excluding carboxylic acids is 1. The van der Waals surface area contributed by atoms with Crippen molar-refractivity contribution in [3.05, 3.63) is 86.9 Å². The van der Waals surface area contributed by atoms with Gasteiger partial charge in [0.15, 0.2) is 23.0 Å². The summed E-state index contributed by atoms with van der Waals surface area (Å²) in [5.74, 6) is 1.05. The standard InChI is InChI=1S/C23H17BrClNO5/c1-2-28-20-12-15(11-18-23(27)31-22(26-18)19-7-4-8-29-19)10-17(24)21(20)30-13-14-5-3-6-16(25)9-14/h3-12H,2,13H2,1H3/b18-11-. The van der Waals surface area contributed by atoms with Crippen LogP contribution in [0.1, 0.15) is 23.8 Å². The molecule has 0 unspecified atom stereocenters. The predicted octanol–water partition coefficient (Wildman–Crippen LogP) is 6.02. The van der Waals surface area contributed by atoms with E-state index in [1.165, 1.54) is 6.26 Å². The number of ether oxygens (including phenoxy) is 3. The van der Waals surface area contributed by atoms with Crippen molar-refractivity contribution in [1.82, 2.24) is 0 Å². The highest BCUT2D eigenvalue weighted by Gasteiger charge is 2.26. The van der Waals surface area contributed by atoms with Gasteiger partial charge in [0, 0.05) is 5.02 Å². The van der Waals surface area contributed by atoms with Gasteiger partial charge < -0.3 is 18.6 Å². The van der Waals surface area contributed by atoms with E-state index in [9.17, 15) is 4.79 Å². The fourth-order valence-corrected chi connectivity index (χ4v) is 3.72. The second-order valence-electron chi connectivity index (χ2n) is 6.49. The van der Waals surface area contributed by atoms with Crippen molar-refractivity contribution < 1.29 is 23.4 Å². The zero-order chi connectivity index (χ0) is 21.8. The number of nitrogens with zero attached hydrogens (tertiary/aromatic N) is 1. The molecule has 0 amide bonds. The van der Waals surface area contributed by atoms with E-state index in [4.69, 9.17) is 30.2 Å². The normalized spacial score (nSPS) is 14.5. The van der Waals surface area contributed by atoms with E-state index in [1.54, 1.807) is 24.3 Å². The van der Waals surface area contributed by atoms with Crippen LogP contribution in [0.5, 0.6) is 11.5 Å². The molecule has 0 fully saturated rings. The van der Waals surface area contributed by atoms with Crippen LogP contribution in [0.2, 0.25) is 5.02 Å². The lowest BCUT2D eigenvalue weighted by Crippen LogP contribution is -2.04. The monoisotopic (exact) mass is 501 g/mol. The summed E-state index contributed by atoms with van der Waals surface area (Å²) in [6.45, 7) is 2.65. The molecular formula is C23H17BrClNO5. The number of hydrogen-bond donors (Lipinski definition) is 0. The minimum Gasteiger partial charge on any atom is -0.490 e. The van der Waals surface area contributed by atoms with Gasteiger partial charge in [0.05, 0.1) is 17.3 Å². The Hall–Kier alpha value is -3.03. The van der Waals surface area contributed by atoms with Crippen LogP contribution >= 0.6 is 27.5 Å². The van der Waals surface area contributed by atoms with Crippen LogP contribution in [-0.4, -0.2) is 18.5 Å². The first-order valence-corrected chi connectivity index (χ1v) is 10.6. The fraction of sp³-hybridized carbons (Fsp3) is 0.130. The van der Waals surface area contributed by atoms with Gasteiger partial charge >= 0.3 is 5.97 Å². The summed E-state index contributed by atoms with van der Waals surface area (Å²) in [7, 11) is 0. The molecular weight excluding hydrogens is 486 g/mol. The van der Waals surface area contributed by atoms with Crippen molar-refractivity contribution in [1.29, 1.82) is 0 Å². The number of hydrogen-bond acceptors (Lipinski definition) is 6. The smallest absolute Gasteiger partial charge is 0.363 e. The molecule has 2 aromatic carbocycles. The number of benzene rings is 2. The molecule has 8 heteroatoms. The highest BCUT2D eigenvalue weighted by atomic mass is 79.9. The zero-order valence-electron chi connectivity index (χ0n) is 16.4. The average Bonchev–Trinajstić information content (AvgIpc) is 3.38. The van der Waals surface area contributed by atoms with Crippen LogP contribution in [0.15, 0.2) is 74.4 Å². The summed E-state index contributed by atoms with van der Waals surface area (Å²) in [5, 5.41) is 0.644. The molecule has 0 bridgehead atoms. The third-order valence-electron chi connectivity index (χ3n) is 4.26. The lowest BCUT2D eigenvalue weighted by Gasteiger charge is -2.15. The minimum atomic E-state index is -0.554. The zero-order valence-corrected chi connectivity index (χ0v) is 18.8. The van der Waals surface area contributed by atoms with E-state index in [2.05, 4.69) is 20.9 Å². The second-order valence-corrected chi connectivity index (χ2v) is 7.79. The summed E-state index contributed by atoms with van der Waals surface area (Å²) in [6.07, 6.45) is 3.10. The van der Waals surface area contributed by atoms with Gasteiger partial charge in [-0.2, -0.15) is 0 Å². The lowest BCUT2D eigenvalue weighted by atomic mass is 10.1.